The second-order valence-corrected chi connectivity index (χ2v) is 7.90. The van der Waals surface area contributed by atoms with Crippen molar-refractivity contribution >= 4 is 0 Å². The van der Waals surface area contributed by atoms with E-state index in [0.717, 1.165) is 11.8 Å². The minimum absolute atomic E-state index is 0.307. The van der Waals surface area contributed by atoms with E-state index < -0.39 is 0 Å². The summed E-state index contributed by atoms with van der Waals surface area (Å²) < 4.78 is 0. The van der Waals surface area contributed by atoms with Gasteiger partial charge in [-0.15, -0.1) is 0 Å². The van der Waals surface area contributed by atoms with Gasteiger partial charge in [-0.05, 0) is 71.0 Å². The zero-order valence-electron chi connectivity index (χ0n) is 15.0. The van der Waals surface area contributed by atoms with E-state index in [4.69, 9.17) is 0 Å². The molecule has 0 aromatic carbocycles. The van der Waals surface area contributed by atoms with Crippen LogP contribution in [0.1, 0.15) is 79.1 Å². The van der Waals surface area contributed by atoms with Gasteiger partial charge in [0.2, 0.25) is 0 Å². The molecule has 2 rings (SSSR count). The minimum Gasteiger partial charge on any atom is -0.312 e. The highest BCUT2D eigenvalue weighted by atomic mass is 15.2. The van der Waals surface area contributed by atoms with Gasteiger partial charge in [-0.25, -0.2) is 0 Å². The van der Waals surface area contributed by atoms with Crippen molar-refractivity contribution < 1.29 is 0 Å². The van der Waals surface area contributed by atoms with Crippen LogP contribution < -0.4 is 5.32 Å². The molecular formula is C19H38N2. The molecule has 2 nitrogen and oxygen atoms in total. The number of hydrogen-bond acceptors (Lipinski definition) is 2. The maximum absolute atomic E-state index is 3.98. The van der Waals surface area contributed by atoms with Crippen LogP contribution in [-0.4, -0.2) is 36.1 Å². The Balaban J connectivity index is 2.15. The van der Waals surface area contributed by atoms with Crippen LogP contribution in [-0.2, 0) is 0 Å². The lowest BCUT2D eigenvalue weighted by Gasteiger charge is -2.49. The van der Waals surface area contributed by atoms with Crippen LogP contribution >= 0.6 is 0 Å². The standard InChI is InChI=1S/C19H38N2/c1-5-13-20-18(17-12-8-7-11-16(17)6-2)19(3,4)21-14-9-10-15-21/h16-18,20H,5-15H2,1-4H3. The van der Waals surface area contributed by atoms with E-state index >= 15 is 0 Å². The van der Waals surface area contributed by atoms with Crippen molar-refractivity contribution in [3.63, 3.8) is 0 Å². The quantitative estimate of drug-likeness (QED) is 0.746. The molecule has 3 atom stereocenters. The van der Waals surface area contributed by atoms with Crippen molar-refractivity contribution in [2.24, 2.45) is 11.8 Å². The molecule has 0 bridgehead atoms. The Morgan fingerprint density at radius 1 is 1.05 bits per heavy atom. The van der Waals surface area contributed by atoms with Crippen molar-refractivity contribution in [2.45, 2.75) is 90.6 Å². The highest BCUT2D eigenvalue weighted by Crippen LogP contribution is 2.39. The molecule has 0 aromatic rings. The van der Waals surface area contributed by atoms with E-state index in [1.807, 2.05) is 0 Å². The summed E-state index contributed by atoms with van der Waals surface area (Å²) >= 11 is 0. The van der Waals surface area contributed by atoms with Crippen molar-refractivity contribution in [3.05, 3.63) is 0 Å². The summed E-state index contributed by atoms with van der Waals surface area (Å²) in [7, 11) is 0. The molecular weight excluding hydrogens is 256 g/mol. The largest absolute Gasteiger partial charge is 0.312 e. The molecule has 2 fully saturated rings. The van der Waals surface area contributed by atoms with E-state index in [1.54, 1.807) is 0 Å². The predicted molar refractivity (Wildman–Crippen MR) is 92.7 cm³/mol. The predicted octanol–water partition coefficient (Wildman–Crippen LogP) is 4.45. The molecule has 21 heavy (non-hydrogen) atoms. The fourth-order valence-electron chi connectivity index (χ4n) is 4.90. The Labute approximate surface area is 133 Å². The SMILES string of the molecule is CCCNC(C1CCCCC1CC)C(C)(C)N1CCCC1. The van der Waals surface area contributed by atoms with Gasteiger partial charge >= 0.3 is 0 Å². The van der Waals surface area contributed by atoms with Gasteiger partial charge in [-0.2, -0.15) is 0 Å². The first kappa shape index (κ1) is 17.3. The third-order valence-corrected chi connectivity index (χ3v) is 6.22. The van der Waals surface area contributed by atoms with E-state index in [0.29, 0.717) is 11.6 Å². The molecule has 0 radical (unpaired) electrons. The van der Waals surface area contributed by atoms with Gasteiger partial charge in [-0.1, -0.05) is 39.5 Å². The summed E-state index contributed by atoms with van der Waals surface area (Å²) in [6.07, 6.45) is 11.2. The summed E-state index contributed by atoms with van der Waals surface area (Å²) in [6.45, 7) is 13.5. The Hall–Kier alpha value is -0.0800. The van der Waals surface area contributed by atoms with Gasteiger partial charge in [0.15, 0.2) is 0 Å². The molecule has 1 saturated carbocycles. The van der Waals surface area contributed by atoms with E-state index in [9.17, 15) is 0 Å². The van der Waals surface area contributed by atoms with Crippen molar-refractivity contribution in [1.82, 2.24) is 10.2 Å². The van der Waals surface area contributed by atoms with Crippen LogP contribution in [0, 0.1) is 11.8 Å². The second kappa shape index (κ2) is 7.97. The molecule has 1 saturated heterocycles. The molecule has 0 aromatic heterocycles. The smallest absolute Gasteiger partial charge is 0.0309 e. The summed E-state index contributed by atoms with van der Waals surface area (Å²) in [6, 6.07) is 0.667. The average Bonchev–Trinajstić information content (AvgIpc) is 3.03. The fourth-order valence-corrected chi connectivity index (χ4v) is 4.90. The van der Waals surface area contributed by atoms with Gasteiger partial charge in [0.05, 0.1) is 0 Å². The Kier molecular flexibility index (Phi) is 6.55. The number of rotatable bonds is 7. The van der Waals surface area contributed by atoms with Crippen LogP contribution in [0.15, 0.2) is 0 Å². The van der Waals surface area contributed by atoms with Gasteiger partial charge < -0.3 is 5.32 Å². The molecule has 1 aliphatic heterocycles. The average molecular weight is 295 g/mol. The molecule has 1 aliphatic carbocycles. The lowest BCUT2D eigenvalue weighted by Crippen LogP contribution is -2.61. The van der Waals surface area contributed by atoms with Crippen LogP contribution in [0.4, 0.5) is 0 Å². The molecule has 2 heteroatoms. The number of nitrogens with zero attached hydrogens (tertiary/aromatic N) is 1. The summed E-state index contributed by atoms with van der Waals surface area (Å²) in [5.41, 5.74) is 0.307. The van der Waals surface area contributed by atoms with E-state index in [-0.39, 0.29) is 0 Å². The topological polar surface area (TPSA) is 15.3 Å². The van der Waals surface area contributed by atoms with E-state index in [1.165, 1.54) is 71.0 Å². The van der Waals surface area contributed by atoms with Crippen molar-refractivity contribution in [2.75, 3.05) is 19.6 Å². The highest BCUT2D eigenvalue weighted by Gasteiger charge is 2.43. The van der Waals surface area contributed by atoms with Gasteiger partial charge in [0.1, 0.15) is 0 Å². The molecule has 2 aliphatic rings. The first-order chi connectivity index (χ1) is 10.1. The summed E-state index contributed by atoms with van der Waals surface area (Å²) in [4.78, 5) is 2.77. The molecule has 1 N–H and O–H groups in total. The van der Waals surface area contributed by atoms with Crippen molar-refractivity contribution in [1.29, 1.82) is 0 Å². The van der Waals surface area contributed by atoms with Gasteiger partial charge in [0.25, 0.3) is 0 Å². The normalized spacial score (nSPS) is 29.7. The number of nitrogens with one attached hydrogen (secondary N) is 1. The maximum atomic E-state index is 3.98. The third-order valence-electron chi connectivity index (χ3n) is 6.22. The van der Waals surface area contributed by atoms with Crippen LogP contribution in [0.5, 0.6) is 0 Å². The Morgan fingerprint density at radius 3 is 2.33 bits per heavy atom. The molecule has 0 spiro atoms. The Bertz CT molecular complexity index is 294. The first-order valence-electron chi connectivity index (χ1n) is 9.59. The lowest BCUT2D eigenvalue weighted by atomic mass is 9.69. The summed E-state index contributed by atoms with van der Waals surface area (Å²) in [5, 5.41) is 3.98. The molecule has 124 valence electrons. The zero-order valence-corrected chi connectivity index (χ0v) is 15.0. The second-order valence-electron chi connectivity index (χ2n) is 7.90. The van der Waals surface area contributed by atoms with Gasteiger partial charge in [-0.3, -0.25) is 4.90 Å². The summed E-state index contributed by atoms with van der Waals surface area (Å²) in [5.74, 6) is 1.82. The number of likely N-dealkylation sites (tertiary alicyclic amines) is 1. The van der Waals surface area contributed by atoms with Crippen molar-refractivity contribution in [3.8, 4) is 0 Å². The Morgan fingerprint density at radius 2 is 1.71 bits per heavy atom. The highest BCUT2D eigenvalue weighted by molar-refractivity contribution is 5.00. The monoisotopic (exact) mass is 294 g/mol. The minimum atomic E-state index is 0.307. The molecule has 3 unspecified atom stereocenters. The molecule has 1 heterocycles. The first-order valence-corrected chi connectivity index (χ1v) is 9.59. The maximum Gasteiger partial charge on any atom is 0.0309 e. The van der Waals surface area contributed by atoms with E-state index in [2.05, 4.69) is 37.9 Å². The zero-order chi connectivity index (χ0) is 15.3. The van der Waals surface area contributed by atoms with Crippen LogP contribution in [0.3, 0.4) is 0 Å². The number of hydrogen-bond donors (Lipinski definition) is 1. The van der Waals surface area contributed by atoms with Crippen LogP contribution in [0.25, 0.3) is 0 Å². The van der Waals surface area contributed by atoms with Crippen LogP contribution in [0.2, 0.25) is 0 Å². The lowest BCUT2D eigenvalue weighted by molar-refractivity contribution is 0.0424. The van der Waals surface area contributed by atoms with Gasteiger partial charge in [0, 0.05) is 11.6 Å². The third kappa shape index (κ3) is 4.01. The fraction of sp³-hybridized carbons (Fsp3) is 1.00. The molecule has 0 amide bonds.